The van der Waals surface area contributed by atoms with Crippen molar-refractivity contribution in [3.63, 3.8) is 0 Å². The minimum absolute atomic E-state index is 0.132. The maximum atomic E-state index is 14.5. The maximum Gasteiger partial charge on any atom is 0.282 e. The quantitative estimate of drug-likeness (QED) is 0.325. The summed E-state index contributed by atoms with van der Waals surface area (Å²) >= 11 is 0. The van der Waals surface area contributed by atoms with Crippen molar-refractivity contribution in [2.45, 2.75) is 6.92 Å². The van der Waals surface area contributed by atoms with Gasteiger partial charge in [-0.15, -0.1) is 0 Å². The fourth-order valence-corrected chi connectivity index (χ4v) is 3.60. The summed E-state index contributed by atoms with van der Waals surface area (Å²) in [5.74, 6) is -3.34. The zero-order valence-corrected chi connectivity index (χ0v) is 18.0. The summed E-state index contributed by atoms with van der Waals surface area (Å²) in [6.45, 7) is 1.82. The molecule has 1 aliphatic heterocycles. The van der Waals surface area contributed by atoms with Crippen LogP contribution >= 0.6 is 0 Å². The lowest BCUT2D eigenvalue weighted by atomic mass is 10.0. The summed E-state index contributed by atoms with van der Waals surface area (Å²) in [5.41, 5.74) is 0.446. The molecule has 2 amide bonds. The Morgan fingerprint density at radius 1 is 0.971 bits per heavy atom. The number of hydrogen-bond acceptors (Lipinski definition) is 6. The largest absolute Gasteiger partial charge is 0.495 e. The normalized spacial score (nSPS) is 13.5. The fourth-order valence-electron chi connectivity index (χ4n) is 3.60. The van der Waals surface area contributed by atoms with Gasteiger partial charge >= 0.3 is 0 Å². The monoisotopic (exact) mass is 465 g/mol. The molecule has 3 aromatic rings. The molecule has 0 atom stereocenters. The number of carbonyl (C=O) groups is 2. The molecule has 0 radical (unpaired) electrons. The molecule has 0 fully saturated rings. The Labute approximate surface area is 192 Å². The van der Waals surface area contributed by atoms with Crippen LogP contribution in [0.1, 0.15) is 11.1 Å². The van der Waals surface area contributed by atoms with Crippen molar-refractivity contribution in [2.24, 2.45) is 0 Å². The van der Waals surface area contributed by atoms with Crippen LogP contribution in [0.2, 0.25) is 0 Å². The van der Waals surface area contributed by atoms with Crippen LogP contribution in [-0.2, 0) is 9.59 Å². The van der Waals surface area contributed by atoms with Gasteiger partial charge in [0.1, 0.15) is 23.1 Å². The number of imide groups is 1. The van der Waals surface area contributed by atoms with Crippen molar-refractivity contribution < 1.29 is 28.0 Å². The number of halogens is 2. The van der Waals surface area contributed by atoms with Gasteiger partial charge in [0.25, 0.3) is 17.5 Å². The van der Waals surface area contributed by atoms with Crippen LogP contribution in [0.15, 0.2) is 66.4 Å². The Balaban J connectivity index is 1.87. The molecule has 10 heteroatoms. The molecular weight excluding hydrogens is 448 g/mol. The Morgan fingerprint density at radius 3 is 2.29 bits per heavy atom. The number of carbonyl (C=O) groups excluding carboxylic acids is 2. The summed E-state index contributed by atoms with van der Waals surface area (Å²) in [7, 11) is 1.43. The van der Waals surface area contributed by atoms with E-state index in [2.05, 4.69) is 5.32 Å². The summed E-state index contributed by atoms with van der Waals surface area (Å²) in [6, 6.07) is 12.6. The molecule has 172 valence electrons. The van der Waals surface area contributed by atoms with E-state index in [1.807, 2.05) is 6.92 Å². The van der Waals surface area contributed by atoms with Gasteiger partial charge < -0.3 is 10.1 Å². The van der Waals surface area contributed by atoms with Crippen LogP contribution in [0.4, 0.5) is 25.8 Å². The molecule has 0 saturated heterocycles. The highest BCUT2D eigenvalue weighted by atomic mass is 19.1. The van der Waals surface area contributed by atoms with Gasteiger partial charge in [0.15, 0.2) is 0 Å². The number of nitrogens with one attached hydrogen (secondary N) is 1. The van der Waals surface area contributed by atoms with E-state index in [1.54, 1.807) is 18.2 Å². The number of ether oxygens (including phenoxy) is 1. The molecular formula is C24H17F2N3O5. The smallest absolute Gasteiger partial charge is 0.282 e. The number of nitro groups is 1. The first-order valence-corrected chi connectivity index (χ1v) is 9.96. The van der Waals surface area contributed by atoms with Crippen molar-refractivity contribution >= 4 is 34.4 Å². The van der Waals surface area contributed by atoms with Gasteiger partial charge in [-0.2, -0.15) is 0 Å². The van der Waals surface area contributed by atoms with Crippen LogP contribution in [0, 0.1) is 28.7 Å². The first-order chi connectivity index (χ1) is 16.2. The molecule has 1 N–H and O–H groups in total. The number of hydrogen-bond donors (Lipinski definition) is 1. The molecule has 1 heterocycles. The minimum Gasteiger partial charge on any atom is -0.495 e. The third-order valence-corrected chi connectivity index (χ3v) is 5.22. The summed E-state index contributed by atoms with van der Waals surface area (Å²) in [4.78, 5) is 37.8. The predicted octanol–water partition coefficient (Wildman–Crippen LogP) is 4.59. The Kier molecular flexibility index (Phi) is 5.80. The van der Waals surface area contributed by atoms with Crippen LogP contribution in [0.3, 0.4) is 0 Å². The second-order valence-electron chi connectivity index (χ2n) is 7.42. The number of aryl methyl sites for hydroxylation is 1. The Hall–Kier alpha value is -4.60. The number of non-ortho nitro benzene ring substituents is 1. The number of nitro benzene ring substituents is 1. The fraction of sp³-hybridized carbons (Fsp3) is 0.0833. The Morgan fingerprint density at radius 2 is 1.68 bits per heavy atom. The molecule has 0 unspecified atom stereocenters. The molecule has 4 rings (SSSR count). The lowest BCUT2D eigenvalue weighted by Crippen LogP contribution is -2.33. The first kappa shape index (κ1) is 22.6. The van der Waals surface area contributed by atoms with Crippen molar-refractivity contribution in [3.05, 3.63) is 99.2 Å². The lowest BCUT2D eigenvalue weighted by molar-refractivity contribution is -0.384. The highest BCUT2D eigenvalue weighted by Gasteiger charge is 2.41. The second kappa shape index (κ2) is 8.74. The number of nitrogens with zero attached hydrogens (tertiary/aromatic N) is 2. The average molecular weight is 465 g/mol. The first-order valence-electron chi connectivity index (χ1n) is 9.96. The number of amides is 2. The lowest BCUT2D eigenvalue weighted by Gasteiger charge is -2.17. The third kappa shape index (κ3) is 3.96. The molecule has 34 heavy (non-hydrogen) atoms. The summed E-state index contributed by atoms with van der Waals surface area (Å²) in [5, 5.41) is 13.9. The number of rotatable bonds is 6. The SMILES string of the molecule is COc1ccc(C)cc1NC1=C(c2ccc([N+](=O)[O-])cc2)C(=O)N(c2ccc(F)cc2F)C1=O. The topological polar surface area (TPSA) is 102 Å². The zero-order chi connectivity index (χ0) is 24.6. The van der Waals surface area contributed by atoms with E-state index in [1.165, 1.54) is 31.4 Å². The highest BCUT2D eigenvalue weighted by molar-refractivity contribution is 6.46. The van der Waals surface area contributed by atoms with Gasteiger partial charge in [0, 0.05) is 18.2 Å². The summed E-state index contributed by atoms with van der Waals surface area (Å²) in [6.07, 6.45) is 0. The van der Waals surface area contributed by atoms with Gasteiger partial charge in [-0.05, 0) is 54.4 Å². The third-order valence-electron chi connectivity index (χ3n) is 5.22. The van der Waals surface area contributed by atoms with Crippen LogP contribution in [0.5, 0.6) is 5.75 Å². The molecule has 0 aromatic heterocycles. The standard InChI is InChI=1S/C24H17F2N3O5/c1-13-3-10-20(34-2)18(11-13)27-22-21(14-4-7-16(8-5-14)29(32)33)23(30)28(24(22)31)19-9-6-15(25)12-17(19)26/h3-12,27H,1-2H3. The molecule has 8 nitrogen and oxygen atoms in total. The zero-order valence-electron chi connectivity index (χ0n) is 18.0. The van der Waals surface area contributed by atoms with Crippen molar-refractivity contribution in [3.8, 4) is 5.75 Å². The van der Waals surface area contributed by atoms with Crippen LogP contribution in [-0.4, -0.2) is 23.8 Å². The molecule has 0 spiro atoms. The second-order valence-corrected chi connectivity index (χ2v) is 7.42. The number of benzene rings is 3. The predicted molar refractivity (Wildman–Crippen MR) is 120 cm³/mol. The maximum absolute atomic E-state index is 14.5. The van der Waals surface area contributed by atoms with Gasteiger partial charge in [-0.1, -0.05) is 6.07 Å². The van der Waals surface area contributed by atoms with Gasteiger partial charge in [-0.25, -0.2) is 13.7 Å². The van der Waals surface area contributed by atoms with Gasteiger partial charge in [-0.3, -0.25) is 19.7 Å². The Bertz CT molecular complexity index is 1370. The average Bonchev–Trinajstić information content (AvgIpc) is 3.03. The summed E-state index contributed by atoms with van der Waals surface area (Å²) < 4.78 is 33.3. The molecule has 1 aliphatic rings. The molecule has 3 aromatic carbocycles. The van der Waals surface area contributed by atoms with E-state index in [0.717, 1.165) is 17.7 Å². The molecule has 0 bridgehead atoms. The van der Waals surface area contributed by atoms with E-state index in [9.17, 15) is 28.5 Å². The molecule has 0 aliphatic carbocycles. The van der Waals surface area contributed by atoms with Crippen LogP contribution < -0.4 is 15.0 Å². The van der Waals surface area contributed by atoms with Crippen LogP contribution in [0.25, 0.3) is 5.57 Å². The van der Waals surface area contributed by atoms with Gasteiger partial charge in [0.05, 0.1) is 29.0 Å². The van der Waals surface area contributed by atoms with E-state index in [4.69, 9.17) is 4.74 Å². The van der Waals surface area contributed by atoms with E-state index < -0.39 is 34.1 Å². The van der Waals surface area contributed by atoms with Gasteiger partial charge in [0.2, 0.25) is 0 Å². The number of anilines is 2. The number of methoxy groups -OCH3 is 1. The van der Waals surface area contributed by atoms with Crippen molar-refractivity contribution in [1.82, 2.24) is 0 Å². The highest BCUT2D eigenvalue weighted by Crippen LogP contribution is 2.37. The molecule has 0 saturated carbocycles. The van der Waals surface area contributed by atoms with Crippen molar-refractivity contribution in [2.75, 3.05) is 17.3 Å². The van der Waals surface area contributed by atoms with E-state index in [-0.39, 0.29) is 22.5 Å². The minimum atomic E-state index is -1.10. The van der Waals surface area contributed by atoms with E-state index >= 15 is 0 Å². The van der Waals surface area contributed by atoms with Crippen molar-refractivity contribution in [1.29, 1.82) is 0 Å². The van der Waals surface area contributed by atoms with E-state index in [0.29, 0.717) is 22.4 Å².